The first-order valence-corrected chi connectivity index (χ1v) is 7.30. The zero-order valence-electron chi connectivity index (χ0n) is 11.5. The maximum atomic E-state index is 12.3. The zero-order chi connectivity index (χ0) is 15.6. The van der Waals surface area contributed by atoms with Gasteiger partial charge in [0.1, 0.15) is 6.54 Å². The van der Waals surface area contributed by atoms with Crippen LogP contribution >= 0.6 is 0 Å². The average molecular weight is 310 g/mol. The number of hydrogen-bond donors (Lipinski definition) is 1. The highest BCUT2D eigenvalue weighted by molar-refractivity contribution is 7.89. The van der Waals surface area contributed by atoms with Crippen molar-refractivity contribution >= 4 is 10.0 Å². The van der Waals surface area contributed by atoms with Crippen LogP contribution in [0.1, 0.15) is 11.1 Å². The van der Waals surface area contributed by atoms with Crippen molar-refractivity contribution in [1.29, 1.82) is 0 Å². The summed E-state index contributed by atoms with van der Waals surface area (Å²) < 4.78 is 61.7. The fourth-order valence-corrected chi connectivity index (χ4v) is 3.25. The second-order valence-electron chi connectivity index (χ2n) is 4.45. The molecule has 20 heavy (non-hydrogen) atoms. The van der Waals surface area contributed by atoms with Crippen LogP contribution in [0.4, 0.5) is 13.2 Å². The van der Waals surface area contributed by atoms with E-state index in [0.717, 1.165) is 12.6 Å². The highest BCUT2D eigenvalue weighted by Crippen LogP contribution is 2.25. The van der Waals surface area contributed by atoms with Crippen molar-refractivity contribution in [3.05, 3.63) is 29.3 Å². The number of halogens is 3. The number of nitrogens with zero attached hydrogens (tertiary/aromatic N) is 1. The number of benzene rings is 1. The van der Waals surface area contributed by atoms with Gasteiger partial charge < -0.3 is 5.32 Å². The van der Waals surface area contributed by atoms with Crippen LogP contribution in [0.15, 0.2) is 23.1 Å². The number of alkyl halides is 3. The average Bonchev–Trinajstić information content (AvgIpc) is 2.29. The molecule has 0 saturated heterocycles. The summed E-state index contributed by atoms with van der Waals surface area (Å²) in [7, 11) is -1.53. The molecular weight excluding hydrogens is 293 g/mol. The summed E-state index contributed by atoms with van der Waals surface area (Å²) in [5, 5.41) is 2.88. The summed E-state index contributed by atoms with van der Waals surface area (Å²) in [5.74, 6) is 0. The standard InChI is InChI=1S/C12H17F3N2O2S/c1-9-10(7-16-2)5-4-6-11(9)20(18,19)17(3)8-12(13,14)15/h4-6,16H,7-8H2,1-3H3. The van der Waals surface area contributed by atoms with Gasteiger partial charge in [-0.15, -0.1) is 0 Å². The molecule has 0 atom stereocenters. The van der Waals surface area contributed by atoms with Gasteiger partial charge in [0.15, 0.2) is 0 Å². The van der Waals surface area contributed by atoms with Crippen LogP contribution in [-0.2, 0) is 16.6 Å². The van der Waals surface area contributed by atoms with E-state index in [9.17, 15) is 21.6 Å². The van der Waals surface area contributed by atoms with Gasteiger partial charge in [0.2, 0.25) is 10.0 Å². The number of nitrogens with one attached hydrogen (secondary N) is 1. The molecule has 0 amide bonds. The minimum absolute atomic E-state index is 0.1000. The number of sulfonamides is 1. The van der Waals surface area contributed by atoms with Crippen LogP contribution in [0.2, 0.25) is 0 Å². The first kappa shape index (κ1) is 16.9. The predicted molar refractivity (Wildman–Crippen MR) is 69.8 cm³/mol. The second kappa shape index (κ2) is 6.11. The number of rotatable bonds is 5. The number of hydrogen-bond acceptors (Lipinski definition) is 3. The first-order valence-electron chi connectivity index (χ1n) is 5.86. The molecule has 0 aliphatic rings. The van der Waals surface area contributed by atoms with Gasteiger partial charge in [-0.25, -0.2) is 8.42 Å². The molecule has 1 aromatic rings. The molecule has 0 aromatic heterocycles. The Morgan fingerprint density at radius 3 is 2.40 bits per heavy atom. The van der Waals surface area contributed by atoms with Gasteiger partial charge in [-0.2, -0.15) is 17.5 Å². The highest BCUT2D eigenvalue weighted by Gasteiger charge is 2.35. The quantitative estimate of drug-likeness (QED) is 0.903. The summed E-state index contributed by atoms with van der Waals surface area (Å²) in [5.41, 5.74) is 1.19. The molecule has 0 heterocycles. The molecule has 0 aliphatic carbocycles. The van der Waals surface area contributed by atoms with Crippen LogP contribution in [-0.4, -0.2) is 39.5 Å². The SMILES string of the molecule is CNCc1cccc(S(=O)(=O)N(C)CC(F)(F)F)c1C. The van der Waals surface area contributed by atoms with Crippen LogP contribution in [0.25, 0.3) is 0 Å². The molecule has 1 rings (SSSR count). The lowest BCUT2D eigenvalue weighted by molar-refractivity contribution is -0.134. The van der Waals surface area contributed by atoms with E-state index in [2.05, 4.69) is 5.32 Å². The van der Waals surface area contributed by atoms with Crippen molar-refractivity contribution < 1.29 is 21.6 Å². The maximum absolute atomic E-state index is 12.3. The molecule has 1 N–H and O–H groups in total. The monoisotopic (exact) mass is 310 g/mol. The molecule has 4 nitrogen and oxygen atoms in total. The molecule has 114 valence electrons. The van der Waals surface area contributed by atoms with Gasteiger partial charge in [-0.05, 0) is 31.2 Å². The van der Waals surface area contributed by atoms with Gasteiger partial charge in [0, 0.05) is 13.6 Å². The van der Waals surface area contributed by atoms with Crippen molar-refractivity contribution in [1.82, 2.24) is 9.62 Å². The Kier molecular flexibility index (Phi) is 5.17. The Morgan fingerprint density at radius 1 is 1.30 bits per heavy atom. The van der Waals surface area contributed by atoms with E-state index in [-0.39, 0.29) is 4.90 Å². The summed E-state index contributed by atoms with van der Waals surface area (Å²) in [6, 6.07) is 4.57. The lowest BCUT2D eigenvalue weighted by Gasteiger charge is -2.20. The Hall–Kier alpha value is -1.12. The zero-order valence-corrected chi connectivity index (χ0v) is 12.3. The fourth-order valence-electron chi connectivity index (χ4n) is 1.83. The minimum Gasteiger partial charge on any atom is -0.316 e. The molecule has 1 aromatic carbocycles. The molecular formula is C12H17F3N2O2S. The molecule has 0 spiro atoms. The van der Waals surface area contributed by atoms with E-state index in [1.165, 1.54) is 12.1 Å². The van der Waals surface area contributed by atoms with Crippen molar-refractivity contribution in [2.45, 2.75) is 24.5 Å². The molecule has 0 aliphatic heterocycles. The van der Waals surface area contributed by atoms with E-state index in [4.69, 9.17) is 0 Å². The molecule has 0 bridgehead atoms. The molecule has 8 heteroatoms. The maximum Gasteiger partial charge on any atom is 0.402 e. The largest absolute Gasteiger partial charge is 0.402 e. The topological polar surface area (TPSA) is 49.4 Å². The van der Waals surface area contributed by atoms with Gasteiger partial charge in [-0.3, -0.25) is 0 Å². The van der Waals surface area contributed by atoms with Crippen molar-refractivity contribution in [3.8, 4) is 0 Å². The predicted octanol–water partition coefficient (Wildman–Crippen LogP) is 1.90. The van der Waals surface area contributed by atoms with Gasteiger partial charge in [0.25, 0.3) is 0 Å². The van der Waals surface area contributed by atoms with Crippen LogP contribution in [0, 0.1) is 6.92 Å². The van der Waals surface area contributed by atoms with E-state index < -0.39 is 22.7 Å². The van der Waals surface area contributed by atoms with E-state index in [1.807, 2.05) is 0 Å². The molecule has 0 radical (unpaired) electrons. The Labute approximate surface area is 116 Å². The van der Waals surface area contributed by atoms with Crippen LogP contribution in [0.5, 0.6) is 0 Å². The molecule has 0 unspecified atom stereocenters. The van der Waals surface area contributed by atoms with E-state index in [0.29, 0.717) is 16.4 Å². The molecule has 0 fully saturated rings. The van der Waals surface area contributed by atoms with Gasteiger partial charge in [0.05, 0.1) is 4.90 Å². The Morgan fingerprint density at radius 2 is 1.90 bits per heavy atom. The Bertz CT molecular complexity index is 571. The van der Waals surface area contributed by atoms with E-state index >= 15 is 0 Å². The van der Waals surface area contributed by atoms with Crippen molar-refractivity contribution in [2.24, 2.45) is 0 Å². The third kappa shape index (κ3) is 3.94. The third-order valence-electron chi connectivity index (χ3n) is 2.85. The smallest absolute Gasteiger partial charge is 0.316 e. The summed E-state index contributed by atoms with van der Waals surface area (Å²) in [6.45, 7) is 0.518. The van der Waals surface area contributed by atoms with Gasteiger partial charge in [-0.1, -0.05) is 12.1 Å². The second-order valence-corrected chi connectivity index (χ2v) is 6.46. The summed E-state index contributed by atoms with van der Waals surface area (Å²) in [4.78, 5) is -0.1000. The summed E-state index contributed by atoms with van der Waals surface area (Å²) in [6.07, 6.45) is -4.57. The highest BCUT2D eigenvalue weighted by atomic mass is 32.2. The minimum atomic E-state index is -4.57. The lowest BCUT2D eigenvalue weighted by atomic mass is 10.1. The van der Waals surface area contributed by atoms with Crippen LogP contribution < -0.4 is 5.32 Å². The third-order valence-corrected chi connectivity index (χ3v) is 4.80. The molecule has 0 saturated carbocycles. The fraction of sp³-hybridized carbons (Fsp3) is 0.500. The van der Waals surface area contributed by atoms with Gasteiger partial charge >= 0.3 is 6.18 Å². The summed E-state index contributed by atoms with van der Waals surface area (Å²) >= 11 is 0. The van der Waals surface area contributed by atoms with E-state index in [1.54, 1.807) is 20.0 Å². The Balaban J connectivity index is 3.19. The lowest BCUT2D eigenvalue weighted by Crippen LogP contribution is -2.36. The van der Waals surface area contributed by atoms with Crippen LogP contribution in [0.3, 0.4) is 0 Å². The van der Waals surface area contributed by atoms with Crippen molar-refractivity contribution in [3.63, 3.8) is 0 Å². The van der Waals surface area contributed by atoms with Crippen molar-refractivity contribution in [2.75, 3.05) is 20.6 Å². The first-order chi connectivity index (χ1) is 9.09. The normalized spacial score (nSPS) is 12.9.